The smallest absolute Gasteiger partial charge is 0.0233 e. The van der Waals surface area contributed by atoms with Crippen molar-refractivity contribution in [3.05, 3.63) is 35.4 Å². The molecule has 1 rings (SSSR count). The lowest BCUT2D eigenvalue weighted by Crippen LogP contribution is -2.29. The van der Waals surface area contributed by atoms with Crippen molar-refractivity contribution in [3.63, 3.8) is 0 Å². The van der Waals surface area contributed by atoms with Gasteiger partial charge in [-0.2, -0.15) is 0 Å². The number of nitrogens with one attached hydrogen (secondary N) is 1. The summed E-state index contributed by atoms with van der Waals surface area (Å²) in [5, 5.41) is 3.48. The minimum Gasteiger partial charge on any atom is -0.310 e. The van der Waals surface area contributed by atoms with E-state index in [-0.39, 0.29) is 0 Å². The van der Waals surface area contributed by atoms with Crippen LogP contribution < -0.4 is 5.32 Å². The molecule has 0 aromatic heterocycles. The SMILES string of the molecule is CC(C)CC(C)N(C)Cc1cccc(CNC(C)C)c1. The van der Waals surface area contributed by atoms with Gasteiger partial charge in [0.05, 0.1) is 0 Å². The maximum Gasteiger partial charge on any atom is 0.0233 e. The van der Waals surface area contributed by atoms with Crippen LogP contribution in [0.5, 0.6) is 0 Å². The van der Waals surface area contributed by atoms with Crippen molar-refractivity contribution in [1.82, 2.24) is 10.2 Å². The Morgan fingerprint density at radius 2 is 1.70 bits per heavy atom. The van der Waals surface area contributed by atoms with Crippen LogP contribution >= 0.6 is 0 Å². The first-order valence-corrected chi connectivity index (χ1v) is 7.90. The molecule has 1 atom stereocenters. The lowest BCUT2D eigenvalue weighted by molar-refractivity contribution is 0.220. The van der Waals surface area contributed by atoms with Crippen LogP contribution in [0.15, 0.2) is 24.3 Å². The van der Waals surface area contributed by atoms with Gasteiger partial charge in [0.25, 0.3) is 0 Å². The van der Waals surface area contributed by atoms with E-state index in [0.29, 0.717) is 12.1 Å². The van der Waals surface area contributed by atoms with Gasteiger partial charge in [-0.25, -0.2) is 0 Å². The predicted molar refractivity (Wildman–Crippen MR) is 88.8 cm³/mol. The van der Waals surface area contributed by atoms with Gasteiger partial charge in [0.1, 0.15) is 0 Å². The summed E-state index contributed by atoms with van der Waals surface area (Å²) in [4.78, 5) is 2.45. The molecule has 114 valence electrons. The first-order valence-electron chi connectivity index (χ1n) is 7.90. The molecule has 20 heavy (non-hydrogen) atoms. The molecule has 1 unspecified atom stereocenters. The van der Waals surface area contributed by atoms with E-state index in [1.54, 1.807) is 0 Å². The van der Waals surface area contributed by atoms with E-state index < -0.39 is 0 Å². The van der Waals surface area contributed by atoms with Crippen molar-refractivity contribution in [3.8, 4) is 0 Å². The third-order valence-electron chi connectivity index (χ3n) is 3.70. The molecule has 0 saturated heterocycles. The molecule has 0 aliphatic rings. The highest BCUT2D eigenvalue weighted by Gasteiger charge is 2.11. The lowest BCUT2D eigenvalue weighted by Gasteiger charge is -2.26. The summed E-state index contributed by atoms with van der Waals surface area (Å²) in [5.74, 6) is 0.758. The Labute approximate surface area is 125 Å². The monoisotopic (exact) mass is 276 g/mol. The van der Waals surface area contributed by atoms with Gasteiger partial charge in [0.15, 0.2) is 0 Å². The van der Waals surface area contributed by atoms with Gasteiger partial charge < -0.3 is 5.32 Å². The van der Waals surface area contributed by atoms with Gasteiger partial charge in [-0.3, -0.25) is 4.90 Å². The van der Waals surface area contributed by atoms with E-state index in [1.807, 2.05) is 0 Å². The molecule has 0 aliphatic carbocycles. The van der Waals surface area contributed by atoms with Crippen LogP contribution in [-0.4, -0.2) is 24.0 Å². The van der Waals surface area contributed by atoms with E-state index in [0.717, 1.165) is 19.0 Å². The molecule has 0 fully saturated rings. The molecule has 0 heterocycles. The molecule has 1 N–H and O–H groups in total. The molecule has 0 aliphatic heterocycles. The molecule has 0 amide bonds. The Morgan fingerprint density at radius 1 is 1.05 bits per heavy atom. The summed E-state index contributed by atoms with van der Waals surface area (Å²) >= 11 is 0. The van der Waals surface area contributed by atoms with Crippen LogP contribution in [0, 0.1) is 5.92 Å². The van der Waals surface area contributed by atoms with Crippen LogP contribution in [0.2, 0.25) is 0 Å². The van der Waals surface area contributed by atoms with Gasteiger partial charge in [-0.15, -0.1) is 0 Å². The molecular formula is C18H32N2. The third-order valence-corrected chi connectivity index (χ3v) is 3.70. The topological polar surface area (TPSA) is 15.3 Å². The average Bonchev–Trinajstić information content (AvgIpc) is 2.36. The molecule has 2 heteroatoms. The molecule has 0 spiro atoms. The fourth-order valence-electron chi connectivity index (χ4n) is 2.47. The Balaban J connectivity index is 2.56. The Hall–Kier alpha value is -0.860. The van der Waals surface area contributed by atoms with Crippen molar-refractivity contribution in [2.24, 2.45) is 5.92 Å². The molecule has 1 aromatic carbocycles. The van der Waals surface area contributed by atoms with Crippen molar-refractivity contribution in [2.75, 3.05) is 7.05 Å². The van der Waals surface area contributed by atoms with Crippen LogP contribution in [0.3, 0.4) is 0 Å². The van der Waals surface area contributed by atoms with Crippen molar-refractivity contribution < 1.29 is 0 Å². The van der Waals surface area contributed by atoms with Crippen molar-refractivity contribution in [1.29, 1.82) is 0 Å². The zero-order chi connectivity index (χ0) is 15.1. The molecule has 0 radical (unpaired) electrons. The Morgan fingerprint density at radius 3 is 2.30 bits per heavy atom. The van der Waals surface area contributed by atoms with E-state index >= 15 is 0 Å². The highest BCUT2D eigenvalue weighted by Crippen LogP contribution is 2.14. The zero-order valence-corrected chi connectivity index (χ0v) is 14.1. The summed E-state index contributed by atoms with van der Waals surface area (Å²) in [5.41, 5.74) is 2.78. The minimum absolute atomic E-state index is 0.535. The van der Waals surface area contributed by atoms with Gasteiger partial charge in [0.2, 0.25) is 0 Å². The molecular weight excluding hydrogens is 244 g/mol. The quantitative estimate of drug-likeness (QED) is 0.770. The summed E-state index contributed by atoms with van der Waals surface area (Å²) in [6, 6.07) is 10.1. The Kier molecular flexibility index (Phi) is 7.25. The van der Waals surface area contributed by atoms with Crippen LogP contribution in [0.25, 0.3) is 0 Å². The number of nitrogens with zero attached hydrogens (tertiary/aromatic N) is 1. The molecule has 0 saturated carbocycles. The number of hydrogen-bond acceptors (Lipinski definition) is 2. The fourth-order valence-corrected chi connectivity index (χ4v) is 2.47. The largest absolute Gasteiger partial charge is 0.310 e. The number of hydrogen-bond donors (Lipinski definition) is 1. The maximum atomic E-state index is 3.48. The first kappa shape index (κ1) is 17.2. The van der Waals surface area contributed by atoms with Gasteiger partial charge in [-0.05, 0) is 37.4 Å². The van der Waals surface area contributed by atoms with Gasteiger partial charge in [0, 0.05) is 25.2 Å². The third kappa shape index (κ3) is 6.53. The van der Waals surface area contributed by atoms with Crippen LogP contribution in [0.4, 0.5) is 0 Å². The summed E-state index contributed by atoms with van der Waals surface area (Å²) < 4.78 is 0. The predicted octanol–water partition coefficient (Wildman–Crippen LogP) is 4.05. The fraction of sp³-hybridized carbons (Fsp3) is 0.667. The number of rotatable bonds is 8. The highest BCUT2D eigenvalue weighted by molar-refractivity contribution is 5.23. The van der Waals surface area contributed by atoms with Crippen molar-refractivity contribution >= 4 is 0 Å². The van der Waals surface area contributed by atoms with E-state index in [9.17, 15) is 0 Å². The van der Waals surface area contributed by atoms with Crippen LogP contribution in [0.1, 0.15) is 52.2 Å². The van der Waals surface area contributed by atoms with E-state index in [2.05, 4.69) is 76.1 Å². The van der Waals surface area contributed by atoms with E-state index in [4.69, 9.17) is 0 Å². The van der Waals surface area contributed by atoms with Crippen LogP contribution in [-0.2, 0) is 13.1 Å². The molecule has 0 bridgehead atoms. The van der Waals surface area contributed by atoms with Gasteiger partial charge >= 0.3 is 0 Å². The standard InChI is InChI=1S/C18H32N2/c1-14(2)10-16(5)20(6)13-18-9-7-8-17(11-18)12-19-15(3)4/h7-9,11,14-16,19H,10,12-13H2,1-6H3. The summed E-state index contributed by atoms with van der Waals surface area (Å²) in [6.07, 6.45) is 1.26. The highest BCUT2D eigenvalue weighted by atomic mass is 15.1. The second kappa shape index (κ2) is 8.43. The average molecular weight is 276 g/mol. The second-order valence-electron chi connectivity index (χ2n) is 6.75. The van der Waals surface area contributed by atoms with Crippen molar-refractivity contribution in [2.45, 2.75) is 66.2 Å². The Bertz CT molecular complexity index is 385. The lowest BCUT2D eigenvalue weighted by atomic mass is 10.0. The summed E-state index contributed by atoms with van der Waals surface area (Å²) in [6.45, 7) is 13.3. The summed E-state index contributed by atoms with van der Waals surface area (Å²) in [7, 11) is 2.23. The zero-order valence-electron chi connectivity index (χ0n) is 14.1. The molecule has 2 nitrogen and oxygen atoms in total. The maximum absolute atomic E-state index is 3.48. The first-order chi connectivity index (χ1) is 9.38. The molecule has 1 aromatic rings. The van der Waals surface area contributed by atoms with Gasteiger partial charge in [-0.1, -0.05) is 52.0 Å². The second-order valence-corrected chi connectivity index (χ2v) is 6.75. The minimum atomic E-state index is 0.535. The van der Waals surface area contributed by atoms with E-state index in [1.165, 1.54) is 17.5 Å². The number of benzene rings is 1. The normalized spacial score (nSPS) is 13.4.